The van der Waals surface area contributed by atoms with Gasteiger partial charge in [0.1, 0.15) is 5.75 Å². The molecule has 0 radical (unpaired) electrons. The monoisotopic (exact) mass is 331 g/mol. The van der Waals surface area contributed by atoms with Crippen molar-refractivity contribution < 1.29 is 19.4 Å². The van der Waals surface area contributed by atoms with Gasteiger partial charge in [-0.3, -0.25) is 9.59 Å². The number of likely N-dealkylation sites (tertiary alicyclic amines) is 1. The molecule has 1 heterocycles. The van der Waals surface area contributed by atoms with E-state index in [9.17, 15) is 9.59 Å². The molecule has 0 aliphatic carbocycles. The summed E-state index contributed by atoms with van der Waals surface area (Å²) in [5.41, 5.74) is 1.85. The summed E-state index contributed by atoms with van der Waals surface area (Å²) >= 11 is 0. The first-order chi connectivity index (χ1) is 11.5. The van der Waals surface area contributed by atoms with E-state index in [4.69, 9.17) is 9.84 Å². The minimum Gasteiger partial charge on any atom is -0.497 e. The predicted octanol–water partition coefficient (Wildman–Crippen LogP) is 3.20. The fourth-order valence-corrected chi connectivity index (χ4v) is 3.07. The van der Waals surface area contributed by atoms with Crippen LogP contribution in [0.2, 0.25) is 0 Å². The lowest BCUT2D eigenvalue weighted by atomic mass is 9.97. The van der Waals surface area contributed by atoms with Crippen LogP contribution in [-0.4, -0.2) is 42.1 Å². The Kier molecular flexibility index (Phi) is 6.41. The van der Waals surface area contributed by atoms with Crippen molar-refractivity contribution in [2.45, 2.75) is 32.6 Å². The standard InChI is InChI=1S/C19H25NO4/c1-14(16-6-3-7-17(13-16)24-2)11-18(21)20-9-4-5-15(8-10-20)12-19(22)23/h3,6-7,11,13,15H,4-5,8-10,12H2,1-2H3,(H,22,23)/b14-11+. The van der Waals surface area contributed by atoms with Crippen LogP contribution in [0.25, 0.3) is 5.57 Å². The molecule has 2 rings (SSSR count). The highest BCUT2D eigenvalue weighted by Gasteiger charge is 2.21. The molecule has 5 nitrogen and oxygen atoms in total. The molecule has 1 atom stereocenters. The van der Waals surface area contributed by atoms with E-state index in [0.29, 0.717) is 13.1 Å². The third-order valence-electron chi connectivity index (χ3n) is 4.49. The molecule has 1 unspecified atom stereocenters. The average molecular weight is 331 g/mol. The van der Waals surface area contributed by atoms with Crippen molar-refractivity contribution in [3.63, 3.8) is 0 Å². The lowest BCUT2D eigenvalue weighted by Crippen LogP contribution is -2.30. The van der Waals surface area contributed by atoms with Crippen LogP contribution in [0, 0.1) is 5.92 Å². The van der Waals surface area contributed by atoms with Crippen LogP contribution in [0.15, 0.2) is 30.3 Å². The van der Waals surface area contributed by atoms with E-state index < -0.39 is 5.97 Å². The number of rotatable bonds is 5. The van der Waals surface area contributed by atoms with Crippen molar-refractivity contribution in [3.05, 3.63) is 35.9 Å². The Hall–Kier alpha value is -2.30. The molecule has 0 aromatic heterocycles. The number of nitrogens with zero attached hydrogens (tertiary/aromatic N) is 1. The maximum absolute atomic E-state index is 12.5. The Balaban J connectivity index is 2.01. The van der Waals surface area contributed by atoms with Crippen LogP contribution in [0.3, 0.4) is 0 Å². The summed E-state index contributed by atoms with van der Waals surface area (Å²) < 4.78 is 5.22. The van der Waals surface area contributed by atoms with Crippen LogP contribution in [0.4, 0.5) is 0 Å². The van der Waals surface area contributed by atoms with Crippen molar-refractivity contribution in [1.29, 1.82) is 0 Å². The van der Waals surface area contributed by atoms with Gasteiger partial charge in [0.25, 0.3) is 0 Å². The first kappa shape index (κ1) is 18.0. The number of carboxylic acid groups (broad SMARTS) is 1. The molecule has 1 saturated heterocycles. The number of hydrogen-bond acceptors (Lipinski definition) is 3. The van der Waals surface area contributed by atoms with E-state index in [2.05, 4.69) is 0 Å². The average Bonchev–Trinajstić information content (AvgIpc) is 2.80. The molecular formula is C19H25NO4. The molecule has 24 heavy (non-hydrogen) atoms. The van der Waals surface area contributed by atoms with Gasteiger partial charge in [0.15, 0.2) is 0 Å². The minimum absolute atomic E-state index is 0.00806. The number of benzene rings is 1. The van der Waals surface area contributed by atoms with Gasteiger partial charge in [-0.15, -0.1) is 0 Å². The van der Waals surface area contributed by atoms with E-state index >= 15 is 0 Å². The molecule has 0 spiro atoms. The fourth-order valence-electron chi connectivity index (χ4n) is 3.07. The van der Waals surface area contributed by atoms with E-state index in [0.717, 1.165) is 36.1 Å². The van der Waals surface area contributed by atoms with Crippen molar-refractivity contribution in [3.8, 4) is 5.75 Å². The number of carboxylic acids is 1. The summed E-state index contributed by atoms with van der Waals surface area (Å²) in [4.78, 5) is 25.2. The maximum Gasteiger partial charge on any atom is 0.303 e. The highest BCUT2D eigenvalue weighted by atomic mass is 16.5. The van der Waals surface area contributed by atoms with E-state index in [1.54, 1.807) is 13.2 Å². The number of amides is 1. The lowest BCUT2D eigenvalue weighted by Gasteiger charge is -2.19. The topological polar surface area (TPSA) is 66.8 Å². The molecule has 0 bridgehead atoms. The smallest absolute Gasteiger partial charge is 0.303 e. The third kappa shape index (κ3) is 5.11. The normalized spacial score (nSPS) is 18.8. The number of allylic oxidation sites excluding steroid dienone is 1. The van der Waals surface area contributed by atoms with Gasteiger partial charge in [0, 0.05) is 25.6 Å². The van der Waals surface area contributed by atoms with Gasteiger partial charge in [-0.25, -0.2) is 0 Å². The van der Waals surface area contributed by atoms with E-state index in [1.807, 2.05) is 36.1 Å². The van der Waals surface area contributed by atoms with Crippen molar-refractivity contribution in [2.75, 3.05) is 20.2 Å². The first-order valence-corrected chi connectivity index (χ1v) is 8.33. The zero-order chi connectivity index (χ0) is 17.5. The van der Waals surface area contributed by atoms with Gasteiger partial charge in [0.05, 0.1) is 7.11 Å². The fraction of sp³-hybridized carbons (Fsp3) is 0.474. The van der Waals surface area contributed by atoms with Crippen LogP contribution >= 0.6 is 0 Å². The Morgan fingerprint density at radius 2 is 2.12 bits per heavy atom. The van der Waals surface area contributed by atoms with Gasteiger partial charge in [0.2, 0.25) is 5.91 Å². The Labute approximate surface area is 142 Å². The van der Waals surface area contributed by atoms with Crippen LogP contribution in [0.1, 0.15) is 38.2 Å². The van der Waals surface area contributed by atoms with Crippen LogP contribution < -0.4 is 4.74 Å². The molecule has 1 aliphatic heterocycles. The lowest BCUT2D eigenvalue weighted by molar-refractivity contribution is -0.138. The SMILES string of the molecule is COc1cccc(/C(C)=C/C(=O)N2CCCC(CC(=O)O)CC2)c1. The molecule has 1 amide bonds. The molecule has 5 heteroatoms. The van der Waals surface area contributed by atoms with Gasteiger partial charge in [-0.05, 0) is 55.4 Å². The number of methoxy groups -OCH3 is 1. The number of carbonyl (C=O) groups excluding carboxylic acids is 1. The molecule has 130 valence electrons. The summed E-state index contributed by atoms with van der Waals surface area (Å²) in [6, 6.07) is 7.63. The highest BCUT2D eigenvalue weighted by molar-refractivity contribution is 5.95. The predicted molar refractivity (Wildman–Crippen MR) is 92.8 cm³/mol. The molecule has 0 saturated carbocycles. The molecule has 1 aromatic rings. The largest absolute Gasteiger partial charge is 0.497 e. The van der Waals surface area contributed by atoms with Gasteiger partial charge >= 0.3 is 5.97 Å². The second kappa shape index (κ2) is 8.52. The van der Waals surface area contributed by atoms with Gasteiger partial charge in [-0.1, -0.05) is 12.1 Å². The Morgan fingerprint density at radius 3 is 2.83 bits per heavy atom. The van der Waals surface area contributed by atoms with Crippen molar-refractivity contribution >= 4 is 17.4 Å². The quantitative estimate of drug-likeness (QED) is 0.841. The summed E-state index contributed by atoms with van der Waals surface area (Å²) in [6.45, 7) is 3.23. The second-order valence-corrected chi connectivity index (χ2v) is 6.28. The molecular weight excluding hydrogens is 306 g/mol. The first-order valence-electron chi connectivity index (χ1n) is 8.33. The number of aliphatic carboxylic acids is 1. The Morgan fingerprint density at radius 1 is 1.33 bits per heavy atom. The summed E-state index contributed by atoms with van der Waals surface area (Å²) in [6.07, 6.45) is 4.33. The maximum atomic E-state index is 12.5. The Bertz CT molecular complexity index is 624. The van der Waals surface area contributed by atoms with Gasteiger partial charge < -0.3 is 14.7 Å². The number of carbonyl (C=O) groups is 2. The van der Waals surface area contributed by atoms with Gasteiger partial charge in [-0.2, -0.15) is 0 Å². The van der Waals surface area contributed by atoms with Crippen LogP contribution in [0.5, 0.6) is 5.75 Å². The zero-order valence-electron chi connectivity index (χ0n) is 14.3. The zero-order valence-corrected chi connectivity index (χ0v) is 14.3. The summed E-state index contributed by atoms with van der Waals surface area (Å²) in [5, 5.41) is 8.92. The number of ether oxygens (including phenoxy) is 1. The summed E-state index contributed by atoms with van der Waals surface area (Å²) in [7, 11) is 1.62. The van der Waals surface area contributed by atoms with E-state index in [-0.39, 0.29) is 18.2 Å². The summed E-state index contributed by atoms with van der Waals surface area (Å²) in [5.74, 6) is 0.169. The second-order valence-electron chi connectivity index (χ2n) is 6.28. The molecule has 1 N–H and O–H groups in total. The van der Waals surface area contributed by atoms with Crippen molar-refractivity contribution in [2.24, 2.45) is 5.92 Å². The third-order valence-corrected chi connectivity index (χ3v) is 4.49. The molecule has 1 aromatic carbocycles. The molecule has 1 fully saturated rings. The molecule has 1 aliphatic rings. The number of hydrogen-bond donors (Lipinski definition) is 1. The highest BCUT2D eigenvalue weighted by Crippen LogP contribution is 2.23. The van der Waals surface area contributed by atoms with E-state index in [1.165, 1.54) is 0 Å². The van der Waals surface area contributed by atoms with Crippen LogP contribution in [-0.2, 0) is 9.59 Å². The minimum atomic E-state index is -0.756. The van der Waals surface area contributed by atoms with Crippen molar-refractivity contribution in [1.82, 2.24) is 4.90 Å².